The summed E-state index contributed by atoms with van der Waals surface area (Å²) in [5.41, 5.74) is 0. The van der Waals surface area contributed by atoms with Gasteiger partial charge in [0.25, 0.3) is 0 Å². The predicted octanol–water partition coefficient (Wildman–Crippen LogP) is -2.58. The van der Waals surface area contributed by atoms with Crippen LogP contribution in [0.15, 0.2) is 0 Å². The lowest BCUT2D eigenvalue weighted by Crippen LogP contribution is -2.36. The van der Waals surface area contributed by atoms with Gasteiger partial charge in [-0.15, -0.1) is 0 Å². The van der Waals surface area contributed by atoms with Gasteiger partial charge in [-0.3, -0.25) is 0 Å². The zero-order chi connectivity index (χ0) is 9.14. The average molecular weight is 177 g/mol. The molecule has 0 aromatic carbocycles. The largest absolute Gasteiger partial charge is 0.396 e. The zero-order valence-corrected chi connectivity index (χ0v) is 6.72. The second-order valence-corrected chi connectivity index (χ2v) is 3.06. The van der Waals surface area contributed by atoms with Crippen LogP contribution in [0.25, 0.3) is 0 Å². The molecule has 0 aliphatic carbocycles. The monoisotopic (exact) mass is 177 g/mol. The highest BCUT2D eigenvalue weighted by Crippen LogP contribution is 2.16. The van der Waals surface area contributed by atoms with Gasteiger partial charge < -0.3 is 25.7 Å². The summed E-state index contributed by atoms with van der Waals surface area (Å²) < 4.78 is 0. The highest BCUT2D eigenvalue weighted by atomic mass is 16.3. The smallest absolute Gasteiger partial charge is 0.0989 e. The number of aliphatic hydroxyl groups is 4. The molecular weight excluding hydrogens is 162 g/mol. The molecule has 0 aromatic rings. The molecule has 0 spiro atoms. The minimum Gasteiger partial charge on any atom is -0.396 e. The Morgan fingerprint density at radius 1 is 1.00 bits per heavy atom. The standard InChI is InChI=1S/C7H15NO4/c9-2-1-4-6(11)7(12)5(3-10)8-4/h4-12H,1-3H2/t4-,5+,6+,7-/m0/s1. The lowest BCUT2D eigenvalue weighted by Gasteiger charge is -2.13. The van der Waals surface area contributed by atoms with Gasteiger partial charge in [-0.25, -0.2) is 0 Å². The van der Waals surface area contributed by atoms with E-state index in [2.05, 4.69) is 5.32 Å². The molecule has 1 rings (SSSR count). The molecule has 1 aliphatic rings. The molecule has 5 nitrogen and oxygen atoms in total. The van der Waals surface area contributed by atoms with Crippen LogP contribution in [-0.2, 0) is 0 Å². The van der Waals surface area contributed by atoms with E-state index in [1.807, 2.05) is 0 Å². The van der Waals surface area contributed by atoms with Crippen molar-refractivity contribution < 1.29 is 20.4 Å². The van der Waals surface area contributed by atoms with Gasteiger partial charge in [0.15, 0.2) is 0 Å². The summed E-state index contributed by atoms with van der Waals surface area (Å²) >= 11 is 0. The number of rotatable bonds is 3. The normalized spacial score (nSPS) is 42.0. The molecule has 0 radical (unpaired) electrons. The van der Waals surface area contributed by atoms with E-state index < -0.39 is 18.2 Å². The van der Waals surface area contributed by atoms with Crippen molar-refractivity contribution in [1.29, 1.82) is 0 Å². The van der Waals surface area contributed by atoms with Crippen LogP contribution in [0, 0.1) is 0 Å². The Morgan fingerprint density at radius 3 is 2.00 bits per heavy atom. The predicted molar refractivity (Wildman–Crippen MR) is 41.5 cm³/mol. The Balaban J connectivity index is 2.48. The molecule has 1 heterocycles. The van der Waals surface area contributed by atoms with E-state index in [0.29, 0.717) is 6.42 Å². The van der Waals surface area contributed by atoms with Crippen LogP contribution in [0.3, 0.4) is 0 Å². The summed E-state index contributed by atoms with van der Waals surface area (Å²) in [6.45, 7) is -0.250. The van der Waals surface area contributed by atoms with Crippen LogP contribution in [0.1, 0.15) is 6.42 Å². The first-order valence-corrected chi connectivity index (χ1v) is 4.04. The SMILES string of the molecule is OCC[C@@H]1N[C@H](CO)[C@H](O)[C@@H]1O. The summed E-state index contributed by atoms with van der Waals surface area (Å²) in [7, 11) is 0. The number of nitrogens with one attached hydrogen (secondary N) is 1. The van der Waals surface area contributed by atoms with Crippen LogP contribution in [0.2, 0.25) is 0 Å². The summed E-state index contributed by atoms with van der Waals surface area (Å²) in [5.74, 6) is 0. The highest BCUT2D eigenvalue weighted by Gasteiger charge is 2.39. The molecular formula is C7H15NO4. The fourth-order valence-electron chi connectivity index (χ4n) is 1.50. The lowest BCUT2D eigenvalue weighted by molar-refractivity contribution is 0.0172. The molecule has 1 aliphatic heterocycles. The third-order valence-corrected chi connectivity index (χ3v) is 2.24. The van der Waals surface area contributed by atoms with E-state index in [9.17, 15) is 10.2 Å². The third-order valence-electron chi connectivity index (χ3n) is 2.24. The van der Waals surface area contributed by atoms with E-state index in [0.717, 1.165) is 0 Å². The van der Waals surface area contributed by atoms with Crippen LogP contribution in [0.4, 0.5) is 0 Å². The van der Waals surface area contributed by atoms with Crippen molar-refractivity contribution in [2.24, 2.45) is 0 Å². The van der Waals surface area contributed by atoms with Crippen molar-refractivity contribution in [2.75, 3.05) is 13.2 Å². The number of hydrogen-bond donors (Lipinski definition) is 5. The van der Waals surface area contributed by atoms with Crippen LogP contribution in [0.5, 0.6) is 0 Å². The second kappa shape index (κ2) is 4.15. The molecule has 5 N–H and O–H groups in total. The van der Waals surface area contributed by atoms with Crippen molar-refractivity contribution in [3.63, 3.8) is 0 Å². The van der Waals surface area contributed by atoms with E-state index in [1.54, 1.807) is 0 Å². The van der Waals surface area contributed by atoms with E-state index >= 15 is 0 Å². The molecule has 0 aromatic heterocycles. The van der Waals surface area contributed by atoms with Crippen LogP contribution in [-0.4, -0.2) is 57.9 Å². The first-order valence-electron chi connectivity index (χ1n) is 4.04. The molecule has 0 bridgehead atoms. The molecule has 1 fully saturated rings. The maximum absolute atomic E-state index is 9.36. The Labute approximate surface area is 70.6 Å². The fraction of sp³-hybridized carbons (Fsp3) is 1.00. The highest BCUT2D eigenvalue weighted by molar-refractivity contribution is 4.97. The quantitative estimate of drug-likeness (QED) is 0.326. The minimum absolute atomic E-state index is 0.0421. The van der Waals surface area contributed by atoms with Gasteiger partial charge in [-0.05, 0) is 6.42 Å². The van der Waals surface area contributed by atoms with Gasteiger partial charge in [0.05, 0.1) is 24.9 Å². The fourth-order valence-corrected chi connectivity index (χ4v) is 1.50. The Hall–Kier alpha value is -0.200. The maximum atomic E-state index is 9.36. The molecule has 0 unspecified atom stereocenters. The average Bonchev–Trinajstić information content (AvgIpc) is 2.33. The van der Waals surface area contributed by atoms with Crippen molar-refractivity contribution >= 4 is 0 Å². The Bertz CT molecular complexity index is 143. The Morgan fingerprint density at radius 2 is 1.58 bits per heavy atom. The summed E-state index contributed by atoms with van der Waals surface area (Å²) in [6.07, 6.45) is -1.45. The molecule has 0 saturated carbocycles. The molecule has 0 amide bonds. The second-order valence-electron chi connectivity index (χ2n) is 3.06. The van der Waals surface area contributed by atoms with Gasteiger partial charge in [0.1, 0.15) is 0 Å². The lowest BCUT2D eigenvalue weighted by atomic mass is 10.1. The Kier molecular flexibility index (Phi) is 3.42. The zero-order valence-electron chi connectivity index (χ0n) is 6.72. The maximum Gasteiger partial charge on any atom is 0.0989 e. The topological polar surface area (TPSA) is 93.0 Å². The first-order chi connectivity index (χ1) is 5.70. The number of aliphatic hydroxyl groups excluding tert-OH is 4. The summed E-state index contributed by atoms with van der Waals surface area (Å²) in [5, 5.41) is 38.8. The van der Waals surface area contributed by atoms with Gasteiger partial charge in [0.2, 0.25) is 0 Å². The molecule has 1 saturated heterocycles. The van der Waals surface area contributed by atoms with Crippen molar-refractivity contribution in [3.05, 3.63) is 0 Å². The minimum atomic E-state index is -0.938. The molecule has 72 valence electrons. The first kappa shape index (κ1) is 9.88. The van der Waals surface area contributed by atoms with Crippen molar-refractivity contribution in [2.45, 2.75) is 30.7 Å². The van der Waals surface area contributed by atoms with E-state index in [1.165, 1.54) is 0 Å². The summed E-state index contributed by atoms with van der Waals surface area (Å²) in [4.78, 5) is 0. The van der Waals surface area contributed by atoms with Crippen LogP contribution >= 0.6 is 0 Å². The van der Waals surface area contributed by atoms with Gasteiger partial charge in [-0.1, -0.05) is 0 Å². The van der Waals surface area contributed by atoms with Gasteiger partial charge >= 0.3 is 0 Å². The van der Waals surface area contributed by atoms with Crippen molar-refractivity contribution in [1.82, 2.24) is 5.32 Å². The molecule has 5 heteroatoms. The van der Waals surface area contributed by atoms with E-state index in [4.69, 9.17) is 10.2 Å². The van der Waals surface area contributed by atoms with Crippen molar-refractivity contribution in [3.8, 4) is 0 Å². The molecule has 4 atom stereocenters. The van der Waals surface area contributed by atoms with Gasteiger partial charge in [0, 0.05) is 12.6 Å². The molecule has 12 heavy (non-hydrogen) atoms. The number of hydrogen-bond acceptors (Lipinski definition) is 5. The van der Waals surface area contributed by atoms with E-state index in [-0.39, 0.29) is 19.3 Å². The third kappa shape index (κ3) is 1.75. The summed E-state index contributed by atoms with van der Waals surface area (Å²) in [6, 6.07) is -0.793. The van der Waals surface area contributed by atoms with Crippen LogP contribution < -0.4 is 5.32 Å². The van der Waals surface area contributed by atoms with Gasteiger partial charge in [-0.2, -0.15) is 0 Å².